The maximum atomic E-state index is 12.7. The summed E-state index contributed by atoms with van der Waals surface area (Å²) in [6, 6.07) is 18.3. The van der Waals surface area contributed by atoms with Gasteiger partial charge in [0.1, 0.15) is 5.75 Å². The third kappa shape index (κ3) is 4.60. The van der Waals surface area contributed by atoms with E-state index in [4.69, 9.17) is 4.74 Å². The quantitative estimate of drug-likeness (QED) is 0.840. The van der Waals surface area contributed by atoms with Crippen molar-refractivity contribution in [1.82, 2.24) is 9.80 Å². The van der Waals surface area contributed by atoms with Gasteiger partial charge in [-0.05, 0) is 31.0 Å². The van der Waals surface area contributed by atoms with Gasteiger partial charge in [0.25, 0.3) is 5.91 Å². The number of benzene rings is 2. The zero-order chi connectivity index (χ0) is 17.6. The third-order valence-electron chi connectivity index (χ3n) is 4.68. The van der Waals surface area contributed by atoms with Crippen molar-refractivity contribution >= 4 is 5.91 Å². The average molecular weight is 338 g/mol. The van der Waals surface area contributed by atoms with E-state index < -0.39 is 6.10 Å². The first-order chi connectivity index (χ1) is 12.1. The lowest BCUT2D eigenvalue weighted by Crippen LogP contribution is -2.51. The van der Waals surface area contributed by atoms with Gasteiger partial charge in [0.15, 0.2) is 6.10 Å². The largest absolute Gasteiger partial charge is 0.481 e. The highest BCUT2D eigenvalue weighted by atomic mass is 16.5. The molecule has 1 saturated heterocycles. The Morgan fingerprint density at radius 3 is 2.32 bits per heavy atom. The predicted molar refractivity (Wildman–Crippen MR) is 99.6 cm³/mol. The second-order valence-corrected chi connectivity index (χ2v) is 6.61. The molecule has 0 radical (unpaired) electrons. The summed E-state index contributed by atoms with van der Waals surface area (Å²) >= 11 is 0. The number of aryl methyl sites for hydroxylation is 1. The number of piperazine rings is 1. The van der Waals surface area contributed by atoms with Crippen LogP contribution in [0.1, 0.15) is 18.1 Å². The van der Waals surface area contributed by atoms with E-state index in [0.29, 0.717) is 0 Å². The van der Waals surface area contributed by atoms with E-state index in [1.54, 1.807) is 0 Å². The summed E-state index contributed by atoms with van der Waals surface area (Å²) in [6.45, 7) is 8.09. The van der Waals surface area contributed by atoms with Crippen molar-refractivity contribution in [3.63, 3.8) is 0 Å². The predicted octanol–water partition coefficient (Wildman–Crippen LogP) is 3.11. The highest BCUT2D eigenvalue weighted by Gasteiger charge is 2.26. The molecule has 1 heterocycles. The summed E-state index contributed by atoms with van der Waals surface area (Å²) in [6.07, 6.45) is -0.457. The molecular weight excluding hydrogens is 312 g/mol. The topological polar surface area (TPSA) is 32.8 Å². The van der Waals surface area contributed by atoms with Gasteiger partial charge in [-0.15, -0.1) is 0 Å². The third-order valence-corrected chi connectivity index (χ3v) is 4.68. The lowest BCUT2D eigenvalue weighted by Gasteiger charge is -2.36. The van der Waals surface area contributed by atoms with Gasteiger partial charge in [-0.2, -0.15) is 0 Å². The minimum Gasteiger partial charge on any atom is -0.481 e. The van der Waals surface area contributed by atoms with Gasteiger partial charge < -0.3 is 9.64 Å². The molecule has 1 amide bonds. The highest BCUT2D eigenvalue weighted by Crippen LogP contribution is 2.19. The van der Waals surface area contributed by atoms with Crippen LogP contribution in [0.2, 0.25) is 0 Å². The van der Waals surface area contributed by atoms with Crippen LogP contribution in [0, 0.1) is 6.92 Å². The molecule has 132 valence electrons. The molecule has 0 saturated carbocycles. The van der Waals surface area contributed by atoms with Gasteiger partial charge in [0.2, 0.25) is 0 Å². The van der Waals surface area contributed by atoms with Crippen molar-refractivity contribution in [2.45, 2.75) is 26.5 Å². The van der Waals surface area contributed by atoms with Crippen molar-refractivity contribution in [2.24, 2.45) is 0 Å². The number of carbonyl (C=O) groups excluding carboxylic acids is 1. The number of para-hydroxylation sites is 1. The Balaban J connectivity index is 1.50. The van der Waals surface area contributed by atoms with Crippen molar-refractivity contribution < 1.29 is 9.53 Å². The number of nitrogens with zero attached hydrogens (tertiary/aromatic N) is 2. The van der Waals surface area contributed by atoms with Gasteiger partial charge >= 0.3 is 0 Å². The Hall–Kier alpha value is -2.33. The van der Waals surface area contributed by atoms with E-state index in [9.17, 15) is 4.79 Å². The van der Waals surface area contributed by atoms with Crippen molar-refractivity contribution in [1.29, 1.82) is 0 Å². The first kappa shape index (κ1) is 17.5. The van der Waals surface area contributed by atoms with Crippen LogP contribution >= 0.6 is 0 Å². The molecule has 0 unspecified atom stereocenters. The minimum absolute atomic E-state index is 0.0719. The summed E-state index contributed by atoms with van der Waals surface area (Å²) in [5, 5.41) is 0. The molecule has 4 heteroatoms. The number of carbonyl (C=O) groups is 1. The molecule has 0 bridgehead atoms. The maximum absolute atomic E-state index is 12.7. The lowest BCUT2D eigenvalue weighted by molar-refractivity contribution is -0.139. The first-order valence-corrected chi connectivity index (χ1v) is 8.91. The van der Waals surface area contributed by atoms with Crippen molar-refractivity contribution in [3.8, 4) is 5.75 Å². The van der Waals surface area contributed by atoms with Crippen LogP contribution in [0.25, 0.3) is 0 Å². The van der Waals surface area contributed by atoms with Crippen LogP contribution in [0.3, 0.4) is 0 Å². The molecule has 25 heavy (non-hydrogen) atoms. The van der Waals surface area contributed by atoms with Gasteiger partial charge in [-0.3, -0.25) is 9.69 Å². The van der Waals surface area contributed by atoms with E-state index in [1.807, 2.05) is 49.1 Å². The Kier molecular flexibility index (Phi) is 5.71. The number of rotatable bonds is 5. The summed E-state index contributed by atoms with van der Waals surface area (Å²) in [5.74, 6) is 0.855. The summed E-state index contributed by atoms with van der Waals surface area (Å²) in [4.78, 5) is 17.0. The summed E-state index contributed by atoms with van der Waals surface area (Å²) in [7, 11) is 0. The minimum atomic E-state index is -0.457. The van der Waals surface area contributed by atoms with Gasteiger partial charge in [0, 0.05) is 32.7 Å². The molecule has 2 aromatic rings. The second-order valence-electron chi connectivity index (χ2n) is 6.61. The molecule has 1 aliphatic rings. The van der Waals surface area contributed by atoms with E-state index >= 15 is 0 Å². The van der Waals surface area contributed by atoms with Crippen LogP contribution in [0.15, 0.2) is 54.6 Å². The highest BCUT2D eigenvalue weighted by molar-refractivity contribution is 5.81. The van der Waals surface area contributed by atoms with E-state index in [2.05, 4.69) is 29.2 Å². The number of amides is 1. The molecule has 3 rings (SSSR count). The number of ether oxygens (including phenoxy) is 1. The molecule has 1 aliphatic heterocycles. The van der Waals surface area contributed by atoms with E-state index in [1.165, 1.54) is 5.56 Å². The fraction of sp³-hybridized carbons (Fsp3) is 0.381. The molecule has 0 aromatic heterocycles. The summed E-state index contributed by atoms with van der Waals surface area (Å²) in [5.41, 5.74) is 2.37. The SMILES string of the molecule is Cc1ccccc1O[C@@H](C)C(=O)N1CCN(Cc2ccccc2)CC1. The zero-order valence-corrected chi connectivity index (χ0v) is 15.0. The normalized spacial score (nSPS) is 16.5. The molecular formula is C21H26N2O2. The van der Waals surface area contributed by atoms with Crippen molar-refractivity contribution in [3.05, 3.63) is 65.7 Å². The lowest BCUT2D eigenvalue weighted by atomic mass is 10.2. The van der Waals surface area contributed by atoms with E-state index in [0.717, 1.165) is 44.0 Å². The Labute approximate surface area is 150 Å². The maximum Gasteiger partial charge on any atom is 0.263 e. The van der Waals surface area contributed by atoms with Crippen molar-refractivity contribution in [2.75, 3.05) is 26.2 Å². The van der Waals surface area contributed by atoms with Crippen LogP contribution in [-0.4, -0.2) is 48.0 Å². The standard InChI is InChI=1S/C21H26N2O2/c1-17-8-6-7-11-20(17)25-18(2)21(24)23-14-12-22(13-15-23)16-19-9-4-3-5-10-19/h3-11,18H,12-16H2,1-2H3/t18-/m0/s1. The zero-order valence-electron chi connectivity index (χ0n) is 15.0. The fourth-order valence-corrected chi connectivity index (χ4v) is 3.15. The van der Waals surface area contributed by atoms with Crippen LogP contribution < -0.4 is 4.74 Å². The molecule has 1 atom stereocenters. The monoisotopic (exact) mass is 338 g/mol. The molecule has 0 spiro atoms. The molecule has 4 nitrogen and oxygen atoms in total. The first-order valence-electron chi connectivity index (χ1n) is 8.91. The van der Waals surface area contributed by atoms with Crippen LogP contribution in [-0.2, 0) is 11.3 Å². The number of hydrogen-bond acceptors (Lipinski definition) is 3. The smallest absolute Gasteiger partial charge is 0.263 e. The molecule has 0 N–H and O–H groups in total. The molecule has 1 fully saturated rings. The van der Waals surface area contributed by atoms with Crippen LogP contribution in [0.5, 0.6) is 5.75 Å². The molecule has 2 aromatic carbocycles. The van der Waals surface area contributed by atoms with Crippen LogP contribution in [0.4, 0.5) is 0 Å². The number of hydrogen-bond donors (Lipinski definition) is 0. The Morgan fingerprint density at radius 1 is 1.00 bits per heavy atom. The second kappa shape index (κ2) is 8.17. The molecule has 0 aliphatic carbocycles. The van der Waals surface area contributed by atoms with Gasteiger partial charge in [0.05, 0.1) is 0 Å². The summed E-state index contributed by atoms with van der Waals surface area (Å²) < 4.78 is 5.88. The van der Waals surface area contributed by atoms with Gasteiger partial charge in [-0.25, -0.2) is 0 Å². The van der Waals surface area contributed by atoms with Gasteiger partial charge in [-0.1, -0.05) is 48.5 Å². The van der Waals surface area contributed by atoms with E-state index in [-0.39, 0.29) is 5.91 Å². The Morgan fingerprint density at radius 2 is 1.64 bits per heavy atom. The Bertz CT molecular complexity index is 694. The average Bonchev–Trinajstić information content (AvgIpc) is 2.64. The fourth-order valence-electron chi connectivity index (χ4n) is 3.15.